The van der Waals surface area contributed by atoms with Gasteiger partial charge in [-0.05, 0) is 38.8 Å². The minimum atomic E-state index is -1.64. The van der Waals surface area contributed by atoms with E-state index in [-0.39, 0.29) is 25.6 Å². The van der Waals surface area contributed by atoms with Gasteiger partial charge in [0.1, 0.15) is 61.0 Å². The van der Waals surface area contributed by atoms with E-state index in [4.69, 9.17) is 62.8 Å². The summed E-state index contributed by atoms with van der Waals surface area (Å²) in [5.74, 6) is -0.845. The predicted molar refractivity (Wildman–Crippen MR) is 172 cm³/mol. The SMILES string of the molecule is NCCCNC[C@@H]1CC[C@@H](N)[C@@H](O[C@H]2[C@H](O[C@@H]3O[C@H](CO)[C@@H](O[C@H]4O[C@@H](CN)[C@@H](O)[C@H](O)[C@H]4N)[C@H]3O)[C@@H](O)[C@H](NC(=O)C(O)CN)C[C@@H]2N)O1. The molecule has 4 rings (SSSR count). The highest BCUT2D eigenvalue weighted by Gasteiger charge is 2.54. The Morgan fingerprint density at radius 1 is 0.800 bits per heavy atom. The molecule has 0 aromatic rings. The molecule has 1 amide bonds. The summed E-state index contributed by atoms with van der Waals surface area (Å²) in [6.45, 7) is 0.557. The van der Waals surface area contributed by atoms with Gasteiger partial charge in [-0.2, -0.15) is 0 Å². The molecule has 0 radical (unpaired) electrons. The van der Waals surface area contributed by atoms with Crippen LogP contribution in [0.25, 0.3) is 0 Å². The third-order valence-electron chi connectivity index (χ3n) is 9.63. The zero-order valence-corrected chi connectivity index (χ0v) is 28.0. The van der Waals surface area contributed by atoms with Crippen molar-refractivity contribution in [3.63, 3.8) is 0 Å². The number of carbonyl (C=O) groups excluding carboxylic acids is 1. The molecule has 1 aliphatic carbocycles. The number of carbonyl (C=O) groups is 1. The number of aliphatic hydroxyl groups excluding tert-OH is 6. The Morgan fingerprint density at radius 3 is 2.14 bits per heavy atom. The Balaban J connectivity index is 1.52. The molecule has 0 spiro atoms. The number of aliphatic hydroxyl groups is 6. The summed E-state index contributed by atoms with van der Waals surface area (Å²) in [6.07, 6.45) is -15.9. The molecule has 4 fully saturated rings. The van der Waals surface area contributed by atoms with Crippen molar-refractivity contribution >= 4 is 5.91 Å². The Hall–Kier alpha value is -1.29. The van der Waals surface area contributed by atoms with E-state index in [0.29, 0.717) is 32.5 Å². The third kappa shape index (κ3) is 9.82. The van der Waals surface area contributed by atoms with Crippen LogP contribution in [-0.2, 0) is 33.2 Å². The molecule has 3 aliphatic heterocycles. The van der Waals surface area contributed by atoms with E-state index >= 15 is 0 Å². The van der Waals surface area contributed by atoms with Crippen LogP contribution in [0.15, 0.2) is 0 Å². The highest BCUT2D eigenvalue weighted by molar-refractivity contribution is 5.81. The lowest BCUT2D eigenvalue weighted by atomic mass is 9.83. The summed E-state index contributed by atoms with van der Waals surface area (Å²) < 4.78 is 36.0. The van der Waals surface area contributed by atoms with Gasteiger partial charge in [-0.1, -0.05) is 0 Å². The number of rotatable bonds is 16. The van der Waals surface area contributed by atoms with Crippen molar-refractivity contribution < 1.29 is 63.9 Å². The van der Waals surface area contributed by atoms with Crippen LogP contribution in [0.2, 0.25) is 0 Å². The van der Waals surface area contributed by atoms with Crippen LogP contribution in [0.1, 0.15) is 25.7 Å². The summed E-state index contributed by atoms with van der Waals surface area (Å²) >= 11 is 0. The lowest BCUT2D eigenvalue weighted by Gasteiger charge is -2.46. The smallest absolute Gasteiger partial charge is 0.250 e. The van der Waals surface area contributed by atoms with Gasteiger partial charge in [0.2, 0.25) is 5.91 Å². The average Bonchev–Trinajstić information content (AvgIpc) is 3.40. The first-order valence-electron chi connectivity index (χ1n) is 17.2. The molecular formula is C29H58N8O13. The minimum Gasteiger partial charge on any atom is -0.394 e. The Labute approximate surface area is 290 Å². The van der Waals surface area contributed by atoms with Crippen molar-refractivity contribution in [2.75, 3.05) is 39.3 Å². The standard InChI is InChI=1S/C29H58N8O13/c30-4-1-5-36-9-11-2-3-12(33)27(45-11)48-23-13(34)6-14(37-26(44)15(39)7-31)19(40)25(23)50-29-22(43)24(17(10-38)47-29)49-28-18(35)21(42)20(41)16(8-32)46-28/h11-25,27-29,36,38-43H,1-10,30-35H2,(H,37,44)/t11-,12+,13-,14+,15?,16-,17+,18+,19-,20+,21+,22+,23+,24+,25+,27+,28+,29-/m0/s1. The van der Waals surface area contributed by atoms with Crippen LogP contribution in [-0.4, -0.2) is 186 Å². The van der Waals surface area contributed by atoms with Gasteiger partial charge < -0.3 is 104 Å². The van der Waals surface area contributed by atoms with E-state index in [1.165, 1.54) is 0 Å². The summed E-state index contributed by atoms with van der Waals surface area (Å²) in [6, 6.07) is -3.79. The fourth-order valence-electron chi connectivity index (χ4n) is 6.61. The number of hydrogen-bond acceptors (Lipinski definition) is 20. The number of ether oxygens (including phenoxy) is 6. The fourth-order valence-corrected chi connectivity index (χ4v) is 6.61. The van der Waals surface area contributed by atoms with Gasteiger partial charge in [-0.15, -0.1) is 0 Å². The first-order chi connectivity index (χ1) is 23.8. The van der Waals surface area contributed by atoms with Gasteiger partial charge >= 0.3 is 0 Å². The molecule has 4 aliphatic rings. The topological polar surface area (TPSA) is 374 Å². The first-order valence-corrected chi connectivity index (χ1v) is 17.2. The fraction of sp³-hybridized carbons (Fsp3) is 0.966. The highest BCUT2D eigenvalue weighted by atomic mass is 16.8. The van der Waals surface area contributed by atoms with Gasteiger partial charge in [0.25, 0.3) is 0 Å². The van der Waals surface area contributed by atoms with Crippen molar-refractivity contribution in [2.24, 2.45) is 34.4 Å². The third-order valence-corrected chi connectivity index (χ3v) is 9.63. The Morgan fingerprint density at radius 2 is 1.48 bits per heavy atom. The Kier molecular flexibility index (Phi) is 15.9. The second kappa shape index (κ2) is 19.2. The molecule has 3 heterocycles. The molecule has 0 aromatic heterocycles. The maximum atomic E-state index is 12.5. The first kappa shape index (κ1) is 41.5. The number of nitrogens with two attached hydrogens (primary N) is 6. The van der Waals surface area contributed by atoms with Gasteiger partial charge in [0.05, 0.1) is 30.8 Å². The summed E-state index contributed by atoms with van der Waals surface area (Å²) in [4.78, 5) is 12.5. The average molecular weight is 727 g/mol. The maximum Gasteiger partial charge on any atom is 0.250 e. The number of hydrogen-bond donors (Lipinski definition) is 14. The van der Waals surface area contributed by atoms with E-state index in [1.807, 2.05) is 0 Å². The molecule has 3 saturated heterocycles. The van der Waals surface area contributed by atoms with Crippen molar-refractivity contribution in [3.05, 3.63) is 0 Å². The van der Waals surface area contributed by atoms with Gasteiger partial charge in [-0.25, -0.2) is 0 Å². The quantitative estimate of drug-likeness (QED) is 0.0656. The molecule has 1 unspecified atom stereocenters. The van der Waals surface area contributed by atoms with E-state index < -0.39 is 117 Å². The number of amides is 1. The largest absolute Gasteiger partial charge is 0.394 e. The van der Waals surface area contributed by atoms with Crippen LogP contribution in [0.4, 0.5) is 0 Å². The minimum absolute atomic E-state index is 0.0206. The van der Waals surface area contributed by atoms with Crippen LogP contribution < -0.4 is 45.0 Å². The summed E-state index contributed by atoms with van der Waals surface area (Å²) in [7, 11) is 0. The molecule has 50 heavy (non-hydrogen) atoms. The second-order valence-corrected chi connectivity index (χ2v) is 13.3. The van der Waals surface area contributed by atoms with Crippen molar-refractivity contribution in [1.82, 2.24) is 10.6 Å². The van der Waals surface area contributed by atoms with Gasteiger partial charge in [0.15, 0.2) is 18.9 Å². The molecule has 20 N–H and O–H groups in total. The van der Waals surface area contributed by atoms with Crippen LogP contribution in [0.3, 0.4) is 0 Å². The second-order valence-electron chi connectivity index (χ2n) is 13.3. The van der Waals surface area contributed by atoms with E-state index in [0.717, 1.165) is 6.42 Å². The molecule has 0 bridgehead atoms. The molecule has 1 saturated carbocycles. The molecule has 18 atom stereocenters. The van der Waals surface area contributed by atoms with Crippen LogP contribution >= 0.6 is 0 Å². The molecule has 21 nitrogen and oxygen atoms in total. The lowest BCUT2D eigenvalue weighted by Crippen LogP contribution is -2.67. The highest BCUT2D eigenvalue weighted by Crippen LogP contribution is 2.34. The van der Waals surface area contributed by atoms with E-state index in [1.54, 1.807) is 0 Å². The van der Waals surface area contributed by atoms with Crippen molar-refractivity contribution in [3.8, 4) is 0 Å². The lowest BCUT2D eigenvalue weighted by molar-refractivity contribution is -0.290. The number of nitrogens with one attached hydrogen (secondary N) is 2. The van der Waals surface area contributed by atoms with Gasteiger partial charge in [-0.3, -0.25) is 4.79 Å². The van der Waals surface area contributed by atoms with Crippen LogP contribution in [0, 0.1) is 0 Å². The Bertz CT molecular complexity index is 1040. The van der Waals surface area contributed by atoms with Crippen molar-refractivity contribution in [1.29, 1.82) is 0 Å². The predicted octanol–water partition coefficient (Wildman–Crippen LogP) is -8.38. The summed E-state index contributed by atoms with van der Waals surface area (Å²) in [5.41, 5.74) is 35.6. The normalized spacial score (nSPS) is 44.6. The zero-order chi connectivity index (χ0) is 36.7. The molecular weight excluding hydrogens is 668 g/mol. The molecule has 21 heteroatoms. The monoisotopic (exact) mass is 726 g/mol. The van der Waals surface area contributed by atoms with Gasteiger partial charge in [0, 0.05) is 25.7 Å². The van der Waals surface area contributed by atoms with E-state index in [9.17, 15) is 35.4 Å². The molecule has 292 valence electrons. The maximum absolute atomic E-state index is 12.5. The summed E-state index contributed by atoms with van der Waals surface area (Å²) in [5, 5.41) is 69.5. The van der Waals surface area contributed by atoms with Crippen LogP contribution in [0.5, 0.6) is 0 Å². The molecule has 0 aromatic carbocycles. The van der Waals surface area contributed by atoms with Crippen molar-refractivity contribution in [2.45, 2.75) is 136 Å². The zero-order valence-electron chi connectivity index (χ0n) is 28.0. The van der Waals surface area contributed by atoms with E-state index in [2.05, 4.69) is 10.6 Å².